The number of piperidine rings is 2. The van der Waals surface area contributed by atoms with Gasteiger partial charge in [0.2, 0.25) is 27.6 Å². The monoisotopic (exact) mass is 466 g/mol. The molecule has 0 aliphatic carbocycles. The second-order valence-corrected chi connectivity index (χ2v) is 11.7. The topological polar surface area (TPSA) is 96.6 Å². The number of nitrogens with zero attached hydrogens (tertiary/aromatic N) is 4. The highest BCUT2D eigenvalue weighted by molar-refractivity contribution is 7.89. The Hall–Kier alpha value is -1.78. The summed E-state index contributed by atoms with van der Waals surface area (Å²) in [5, 5.41) is 3.96. The molecule has 2 fully saturated rings. The fourth-order valence-electron chi connectivity index (χ4n) is 4.30. The van der Waals surface area contributed by atoms with E-state index in [1.54, 1.807) is 13.0 Å². The van der Waals surface area contributed by atoms with Gasteiger partial charge in [0, 0.05) is 43.4 Å². The molecule has 0 radical (unpaired) electrons. The molecule has 4 rings (SSSR count). The molecule has 10 heteroatoms. The zero-order valence-electron chi connectivity index (χ0n) is 18.3. The zero-order valence-corrected chi connectivity index (χ0v) is 20.0. The van der Waals surface area contributed by atoms with Crippen LogP contribution in [0.25, 0.3) is 10.7 Å². The Labute approximate surface area is 187 Å². The van der Waals surface area contributed by atoms with Crippen LogP contribution in [-0.2, 0) is 21.2 Å². The molecule has 2 saturated heterocycles. The molecule has 2 aliphatic heterocycles. The second kappa shape index (κ2) is 8.99. The lowest BCUT2D eigenvalue weighted by atomic mass is 9.93. The lowest BCUT2D eigenvalue weighted by molar-refractivity contribution is -0.138. The van der Waals surface area contributed by atoms with Gasteiger partial charge in [0.15, 0.2) is 0 Å². The van der Waals surface area contributed by atoms with Gasteiger partial charge in [-0.05, 0) is 44.6 Å². The van der Waals surface area contributed by atoms with Gasteiger partial charge < -0.3 is 9.42 Å². The van der Waals surface area contributed by atoms with Crippen LogP contribution in [0.5, 0.6) is 0 Å². The molecule has 2 aromatic heterocycles. The van der Waals surface area contributed by atoms with Crippen LogP contribution in [0.15, 0.2) is 15.5 Å². The molecule has 2 aromatic rings. The Morgan fingerprint density at radius 1 is 1.19 bits per heavy atom. The number of hydrogen-bond acceptors (Lipinski definition) is 7. The van der Waals surface area contributed by atoms with Crippen molar-refractivity contribution in [1.82, 2.24) is 19.3 Å². The number of amides is 1. The van der Waals surface area contributed by atoms with Crippen LogP contribution >= 0.6 is 11.3 Å². The smallest absolute Gasteiger partial charge is 0.244 e. The van der Waals surface area contributed by atoms with Crippen molar-refractivity contribution in [3.63, 3.8) is 0 Å². The average molecular weight is 467 g/mol. The maximum Gasteiger partial charge on any atom is 0.244 e. The van der Waals surface area contributed by atoms with E-state index in [0.29, 0.717) is 64.6 Å². The highest BCUT2D eigenvalue weighted by Crippen LogP contribution is 2.35. The van der Waals surface area contributed by atoms with Crippen LogP contribution in [-0.4, -0.2) is 59.8 Å². The summed E-state index contributed by atoms with van der Waals surface area (Å²) < 4.78 is 33.3. The van der Waals surface area contributed by atoms with E-state index in [-0.39, 0.29) is 11.8 Å². The van der Waals surface area contributed by atoms with E-state index in [4.69, 9.17) is 4.52 Å². The predicted molar refractivity (Wildman–Crippen MR) is 118 cm³/mol. The van der Waals surface area contributed by atoms with E-state index in [1.165, 1.54) is 15.6 Å². The molecule has 1 amide bonds. The summed E-state index contributed by atoms with van der Waals surface area (Å²) in [5.41, 5.74) is 0. The Morgan fingerprint density at radius 2 is 1.87 bits per heavy atom. The minimum atomic E-state index is -3.63. The minimum absolute atomic E-state index is 0.0780. The average Bonchev–Trinajstić information content (AvgIpc) is 3.40. The predicted octanol–water partition coefficient (Wildman–Crippen LogP) is 3.33. The van der Waals surface area contributed by atoms with Crippen LogP contribution in [0.2, 0.25) is 0 Å². The van der Waals surface area contributed by atoms with Gasteiger partial charge in [-0.25, -0.2) is 8.42 Å². The molecule has 0 aromatic carbocycles. The molecular weight excluding hydrogens is 436 g/mol. The van der Waals surface area contributed by atoms with E-state index in [9.17, 15) is 13.2 Å². The largest absolute Gasteiger partial charge is 0.342 e. The molecule has 31 heavy (non-hydrogen) atoms. The molecule has 0 unspecified atom stereocenters. The zero-order chi connectivity index (χ0) is 22.2. The first-order chi connectivity index (χ1) is 14.8. The number of likely N-dealkylation sites (tertiary alicyclic amines) is 1. The van der Waals surface area contributed by atoms with Gasteiger partial charge in [-0.15, -0.1) is 11.3 Å². The lowest BCUT2D eigenvalue weighted by Gasteiger charge is -2.36. The molecule has 170 valence electrons. The van der Waals surface area contributed by atoms with Crippen LogP contribution in [0, 0.1) is 18.8 Å². The number of carbonyl (C=O) groups excluding carboxylic acids is 1. The van der Waals surface area contributed by atoms with Crippen LogP contribution in [0.1, 0.15) is 50.3 Å². The van der Waals surface area contributed by atoms with E-state index >= 15 is 0 Å². The quantitative estimate of drug-likeness (QED) is 0.671. The highest BCUT2D eigenvalue weighted by Gasteiger charge is 2.35. The third-order valence-corrected chi connectivity index (χ3v) is 9.58. The number of aromatic nitrogens is 2. The number of rotatable bonds is 5. The molecule has 4 heterocycles. The molecule has 0 spiro atoms. The van der Waals surface area contributed by atoms with Crippen molar-refractivity contribution in [2.75, 3.05) is 26.2 Å². The van der Waals surface area contributed by atoms with Crippen molar-refractivity contribution in [3.05, 3.63) is 16.8 Å². The number of sulfonamides is 1. The third kappa shape index (κ3) is 4.56. The molecule has 0 atom stereocenters. The maximum absolute atomic E-state index is 13.3. The van der Waals surface area contributed by atoms with Crippen molar-refractivity contribution in [2.45, 2.75) is 57.8 Å². The van der Waals surface area contributed by atoms with Gasteiger partial charge in [-0.3, -0.25) is 4.79 Å². The lowest BCUT2D eigenvalue weighted by Crippen LogP contribution is -2.46. The highest BCUT2D eigenvalue weighted by atomic mass is 32.2. The van der Waals surface area contributed by atoms with Crippen molar-refractivity contribution in [1.29, 1.82) is 0 Å². The van der Waals surface area contributed by atoms with Gasteiger partial charge in [-0.1, -0.05) is 19.0 Å². The SMILES string of the molecule is CCc1nc(-c2cc(S(=O)(=O)N3CCC(C(=O)N4CCC(C)CC4)CC3)c(C)s2)no1. The van der Waals surface area contributed by atoms with Gasteiger partial charge in [0.25, 0.3) is 0 Å². The molecule has 0 bridgehead atoms. The third-order valence-electron chi connectivity index (χ3n) is 6.38. The maximum atomic E-state index is 13.3. The van der Waals surface area contributed by atoms with Crippen molar-refractivity contribution < 1.29 is 17.7 Å². The summed E-state index contributed by atoms with van der Waals surface area (Å²) in [7, 11) is -3.63. The normalized spacial score (nSPS) is 19.8. The first-order valence-corrected chi connectivity index (χ1v) is 13.3. The fourth-order valence-corrected chi connectivity index (χ4v) is 7.26. The number of thiophene rings is 1. The van der Waals surface area contributed by atoms with Gasteiger partial charge in [0.1, 0.15) is 0 Å². The summed E-state index contributed by atoms with van der Waals surface area (Å²) in [6.07, 6.45) is 3.89. The minimum Gasteiger partial charge on any atom is -0.342 e. The van der Waals surface area contributed by atoms with Gasteiger partial charge in [-0.2, -0.15) is 9.29 Å². The Bertz CT molecular complexity index is 1030. The summed E-state index contributed by atoms with van der Waals surface area (Å²) in [6, 6.07) is 1.64. The molecular formula is C21H30N4O4S2. The Morgan fingerprint density at radius 3 is 2.48 bits per heavy atom. The second-order valence-electron chi connectivity index (χ2n) is 8.58. The molecule has 0 N–H and O–H groups in total. The number of aryl methyl sites for hydroxylation is 2. The van der Waals surface area contributed by atoms with E-state index in [0.717, 1.165) is 25.9 Å². The van der Waals surface area contributed by atoms with Crippen molar-refractivity contribution in [2.24, 2.45) is 11.8 Å². The van der Waals surface area contributed by atoms with E-state index < -0.39 is 10.0 Å². The standard InChI is InChI=1S/C21H30N4O4S2/c1-4-19-22-20(23-29-19)17-13-18(15(3)30-17)31(27,28)25-11-7-16(8-12-25)21(26)24-9-5-14(2)6-10-24/h13-14,16H,4-12H2,1-3H3. The summed E-state index contributed by atoms with van der Waals surface area (Å²) in [6.45, 7) is 8.34. The Kier molecular flexibility index (Phi) is 6.50. The first-order valence-electron chi connectivity index (χ1n) is 11.0. The van der Waals surface area contributed by atoms with Gasteiger partial charge in [0.05, 0.1) is 9.77 Å². The van der Waals surface area contributed by atoms with Crippen LogP contribution in [0.4, 0.5) is 0 Å². The number of hydrogen-bond donors (Lipinski definition) is 0. The molecule has 0 saturated carbocycles. The van der Waals surface area contributed by atoms with E-state index in [2.05, 4.69) is 17.1 Å². The first kappa shape index (κ1) is 22.4. The molecule has 8 nitrogen and oxygen atoms in total. The summed E-state index contributed by atoms with van der Waals surface area (Å²) in [4.78, 5) is 20.8. The summed E-state index contributed by atoms with van der Waals surface area (Å²) >= 11 is 1.35. The molecule has 2 aliphatic rings. The van der Waals surface area contributed by atoms with Crippen molar-refractivity contribution in [3.8, 4) is 10.7 Å². The fraction of sp³-hybridized carbons (Fsp3) is 0.667. The van der Waals surface area contributed by atoms with Crippen LogP contribution < -0.4 is 0 Å². The van der Waals surface area contributed by atoms with Gasteiger partial charge >= 0.3 is 0 Å². The van der Waals surface area contributed by atoms with E-state index in [1.807, 2.05) is 11.8 Å². The number of carbonyl (C=O) groups is 1. The Balaban J connectivity index is 1.43. The van der Waals surface area contributed by atoms with Crippen LogP contribution in [0.3, 0.4) is 0 Å². The summed E-state index contributed by atoms with van der Waals surface area (Å²) in [5.74, 6) is 1.75. The van der Waals surface area contributed by atoms with Crippen molar-refractivity contribution >= 4 is 27.3 Å².